The molecule has 0 radical (unpaired) electrons. The van der Waals surface area contributed by atoms with E-state index in [1.807, 2.05) is 0 Å². The molecule has 1 N–H and O–H groups in total. The Morgan fingerprint density at radius 3 is 1.90 bits per heavy atom. The zero-order valence-electron chi connectivity index (χ0n) is 5.36. The average molecular weight is 154 g/mol. The summed E-state index contributed by atoms with van der Waals surface area (Å²) in [5.41, 5.74) is 0. The van der Waals surface area contributed by atoms with Crippen molar-refractivity contribution in [3.8, 4) is 0 Å². The number of allylic oxidation sites excluding steroid dienone is 1. The lowest BCUT2D eigenvalue weighted by Gasteiger charge is -1.71. The van der Waals surface area contributed by atoms with Crippen LogP contribution in [0.15, 0.2) is 24.8 Å². The second kappa shape index (κ2) is 11.1. The van der Waals surface area contributed by atoms with Crippen molar-refractivity contribution in [2.75, 3.05) is 13.3 Å². The summed E-state index contributed by atoms with van der Waals surface area (Å²) in [5, 5.41) is 7.68. The van der Waals surface area contributed by atoms with Gasteiger partial charge in [0.1, 0.15) is 6.67 Å². The lowest BCUT2D eigenvalue weighted by Crippen LogP contribution is -1.69. The first kappa shape index (κ1) is 12.0. The summed E-state index contributed by atoms with van der Waals surface area (Å²) in [6.07, 6.45) is -0.197. The van der Waals surface area contributed by atoms with Crippen molar-refractivity contribution in [2.24, 2.45) is 0 Å². The van der Waals surface area contributed by atoms with Crippen LogP contribution in [0, 0.1) is 0 Å². The third-order valence-electron chi connectivity index (χ3n) is 0.355. The van der Waals surface area contributed by atoms with Crippen molar-refractivity contribution in [3.63, 3.8) is 0 Å². The molecule has 0 atom stereocenters. The molecular weight excluding hydrogens is 145 g/mol. The first-order valence-electron chi connectivity index (χ1n) is 2.47. The van der Waals surface area contributed by atoms with Crippen LogP contribution in [0.3, 0.4) is 0 Å². The molecule has 0 rings (SSSR count). The fourth-order valence-corrected chi connectivity index (χ4v) is 0.0690. The summed E-state index contributed by atoms with van der Waals surface area (Å²) in [6, 6.07) is 0. The molecule has 0 fully saturated rings. The summed E-state index contributed by atoms with van der Waals surface area (Å²) in [4.78, 5) is 0. The number of hydrogen-bond donors (Lipinski definition) is 1. The van der Waals surface area contributed by atoms with Gasteiger partial charge >= 0.3 is 0 Å². The van der Waals surface area contributed by atoms with Gasteiger partial charge in [0.2, 0.25) is 0 Å². The van der Waals surface area contributed by atoms with E-state index in [1.165, 1.54) is 6.08 Å². The maximum Gasteiger partial charge on any atom is 0.268 e. The number of rotatable bonds is 2. The van der Waals surface area contributed by atoms with E-state index in [0.29, 0.717) is 6.08 Å². The average Bonchev–Trinajstić information content (AvgIpc) is 1.89. The largest absolute Gasteiger partial charge is 0.392 e. The Morgan fingerprint density at radius 1 is 1.50 bits per heavy atom. The van der Waals surface area contributed by atoms with Crippen LogP contribution in [0.25, 0.3) is 0 Å². The van der Waals surface area contributed by atoms with Gasteiger partial charge in [0.05, 0.1) is 6.61 Å². The zero-order valence-corrected chi connectivity index (χ0v) is 5.36. The quantitative estimate of drug-likeness (QED) is 0.602. The van der Waals surface area contributed by atoms with Gasteiger partial charge in [-0.3, -0.25) is 0 Å². The van der Waals surface area contributed by atoms with E-state index in [2.05, 4.69) is 6.58 Å². The van der Waals surface area contributed by atoms with Crippen LogP contribution in [0.4, 0.5) is 13.2 Å². The summed E-state index contributed by atoms with van der Waals surface area (Å²) in [7, 11) is 0. The van der Waals surface area contributed by atoms with E-state index in [9.17, 15) is 13.2 Å². The summed E-state index contributed by atoms with van der Waals surface area (Å²) in [5.74, 6) is 0. The molecule has 0 aromatic rings. The molecule has 0 aliphatic heterocycles. The van der Waals surface area contributed by atoms with Crippen LogP contribution in [0.2, 0.25) is 0 Å². The lowest BCUT2D eigenvalue weighted by atomic mass is 10.7. The molecule has 0 spiro atoms. The summed E-state index contributed by atoms with van der Waals surface area (Å²) >= 11 is 0. The van der Waals surface area contributed by atoms with Crippen LogP contribution in [0.1, 0.15) is 0 Å². The minimum absolute atomic E-state index is 0.417. The summed E-state index contributed by atoms with van der Waals surface area (Å²) < 4.78 is 32.1. The third-order valence-corrected chi connectivity index (χ3v) is 0.355. The Bertz CT molecular complexity index is 97.2. The van der Waals surface area contributed by atoms with Gasteiger partial charge in [-0.1, -0.05) is 6.08 Å². The first-order chi connectivity index (χ1) is 4.68. The van der Waals surface area contributed by atoms with Crippen molar-refractivity contribution in [3.05, 3.63) is 24.8 Å². The van der Waals surface area contributed by atoms with E-state index in [1.54, 1.807) is 0 Å². The number of aliphatic hydroxyl groups excluding tert-OH is 1. The normalized spacial score (nSPS) is 7.20. The molecular formula is C6H9F3O. The van der Waals surface area contributed by atoms with Gasteiger partial charge in [0.15, 0.2) is 0 Å². The highest BCUT2D eigenvalue weighted by atomic mass is 19.3. The molecule has 0 saturated carbocycles. The number of halogens is 3. The van der Waals surface area contributed by atoms with Crippen LogP contribution in [-0.2, 0) is 0 Å². The topological polar surface area (TPSA) is 20.2 Å². The Balaban J connectivity index is 0. The Hall–Kier alpha value is -0.770. The van der Waals surface area contributed by atoms with E-state index < -0.39 is 19.4 Å². The molecule has 4 heteroatoms. The Labute approximate surface area is 57.5 Å². The van der Waals surface area contributed by atoms with Crippen molar-refractivity contribution in [1.29, 1.82) is 0 Å². The van der Waals surface area contributed by atoms with Gasteiger partial charge in [0.25, 0.3) is 6.08 Å². The highest BCUT2D eigenvalue weighted by Crippen LogP contribution is 1.92. The maximum absolute atomic E-state index is 10.7. The fourth-order valence-electron chi connectivity index (χ4n) is 0.0690. The molecule has 0 saturated heterocycles. The molecule has 1 nitrogen and oxygen atoms in total. The minimum Gasteiger partial charge on any atom is -0.392 e. The Morgan fingerprint density at radius 2 is 1.90 bits per heavy atom. The third kappa shape index (κ3) is 26.9. The van der Waals surface area contributed by atoms with E-state index in [0.717, 1.165) is 0 Å². The zero-order chi connectivity index (χ0) is 8.41. The van der Waals surface area contributed by atoms with Gasteiger partial charge in [-0.2, -0.15) is 8.78 Å². The molecule has 0 aromatic carbocycles. The molecule has 0 heterocycles. The lowest BCUT2D eigenvalue weighted by molar-refractivity contribution is 0.327. The molecule has 0 aliphatic rings. The molecule has 0 amide bonds. The van der Waals surface area contributed by atoms with Gasteiger partial charge in [-0.05, 0) is 0 Å². The highest BCUT2D eigenvalue weighted by Gasteiger charge is 1.79. The first-order valence-corrected chi connectivity index (χ1v) is 2.47. The fraction of sp³-hybridized carbons (Fsp3) is 0.333. The van der Waals surface area contributed by atoms with Crippen LogP contribution < -0.4 is 0 Å². The van der Waals surface area contributed by atoms with E-state index in [4.69, 9.17) is 5.11 Å². The van der Waals surface area contributed by atoms with Crippen LogP contribution >= 0.6 is 0 Å². The monoisotopic (exact) mass is 154 g/mol. The number of alkyl halides is 1. The van der Waals surface area contributed by atoms with Crippen molar-refractivity contribution in [1.82, 2.24) is 0 Å². The van der Waals surface area contributed by atoms with E-state index in [-0.39, 0.29) is 0 Å². The van der Waals surface area contributed by atoms with Gasteiger partial charge < -0.3 is 5.11 Å². The minimum atomic E-state index is -1.84. The van der Waals surface area contributed by atoms with Crippen molar-refractivity contribution >= 4 is 0 Å². The second-order valence-corrected chi connectivity index (χ2v) is 1.12. The smallest absolute Gasteiger partial charge is 0.268 e. The number of hydrogen-bond acceptors (Lipinski definition) is 1. The van der Waals surface area contributed by atoms with Crippen molar-refractivity contribution < 1.29 is 18.3 Å². The second-order valence-electron chi connectivity index (χ2n) is 1.12. The van der Waals surface area contributed by atoms with Gasteiger partial charge in [-0.25, -0.2) is 4.39 Å². The summed E-state index contributed by atoms with van der Waals surface area (Å²) in [6.45, 7) is 2.11. The van der Waals surface area contributed by atoms with Crippen molar-refractivity contribution in [2.45, 2.75) is 0 Å². The predicted octanol–water partition coefficient (Wildman–Crippen LogP) is 1.90. The molecule has 60 valence electrons. The molecule has 0 bridgehead atoms. The van der Waals surface area contributed by atoms with Crippen LogP contribution in [-0.4, -0.2) is 18.4 Å². The SMILES string of the molecule is C=CCF.OCC=C(F)F. The van der Waals surface area contributed by atoms with Gasteiger partial charge in [0, 0.05) is 6.08 Å². The number of aliphatic hydroxyl groups is 1. The standard InChI is InChI=1S/C3H4F2O.C3H5F/c4-3(5)1-2-6;1-2-3-4/h1,6H,2H2;2H,1,3H2. The van der Waals surface area contributed by atoms with E-state index >= 15 is 0 Å². The molecule has 0 unspecified atom stereocenters. The molecule has 0 aromatic heterocycles. The maximum atomic E-state index is 10.7. The Kier molecular flexibility index (Phi) is 13.3. The predicted molar refractivity (Wildman–Crippen MR) is 33.6 cm³/mol. The van der Waals surface area contributed by atoms with Crippen LogP contribution in [0.5, 0.6) is 0 Å². The highest BCUT2D eigenvalue weighted by molar-refractivity contribution is 4.78. The molecule has 10 heavy (non-hydrogen) atoms. The van der Waals surface area contributed by atoms with Gasteiger partial charge in [-0.15, -0.1) is 6.58 Å². The molecule has 0 aliphatic carbocycles.